The van der Waals surface area contributed by atoms with Gasteiger partial charge in [-0.15, -0.1) is 0 Å². The Hall–Kier alpha value is -0.0500. The van der Waals surface area contributed by atoms with E-state index in [0.29, 0.717) is 6.04 Å². The number of hydrogen-bond donors (Lipinski definition) is 1. The van der Waals surface area contributed by atoms with Gasteiger partial charge in [-0.3, -0.25) is 0 Å². The third kappa shape index (κ3) is 3.70. The topological polar surface area (TPSA) is 12.0 Å². The van der Waals surface area contributed by atoms with Crippen molar-refractivity contribution >= 4 is 27.5 Å². The van der Waals surface area contributed by atoms with E-state index in [0.717, 1.165) is 22.0 Å². The van der Waals surface area contributed by atoms with Crippen LogP contribution in [-0.4, -0.2) is 6.04 Å². The number of nitrogens with one attached hydrogen (secondary N) is 1. The van der Waals surface area contributed by atoms with Gasteiger partial charge in [-0.2, -0.15) is 0 Å². The fraction of sp³-hybridized carbons (Fsp3) is 0.571. The van der Waals surface area contributed by atoms with Crippen LogP contribution in [0.25, 0.3) is 0 Å². The van der Waals surface area contributed by atoms with Gasteiger partial charge in [0.25, 0.3) is 0 Å². The smallest absolute Gasteiger partial charge is 0.0551 e. The van der Waals surface area contributed by atoms with Gasteiger partial charge in [0.1, 0.15) is 0 Å². The van der Waals surface area contributed by atoms with Gasteiger partial charge >= 0.3 is 0 Å². The molecule has 17 heavy (non-hydrogen) atoms. The first-order valence-corrected chi connectivity index (χ1v) is 7.51. The summed E-state index contributed by atoms with van der Waals surface area (Å²) in [5.41, 5.74) is 1.25. The zero-order chi connectivity index (χ0) is 12.3. The summed E-state index contributed by atoms with van der Waals surface area (Å²) in [6.07, 6.45) is 5.58. The van der Waals surface area contributed by atoms with Crippen LogP contribution in [0.4, 0.5) is 0 Å². The zero-order valence-corrected chi connectivity index (χ0v) is 12.5. The zero-order valence-electron chi connectivity index (χ0n) is 10.2. The first-order chi connectivity index (χ1) is 8.16. The minimum absolute atomic E-state index is 0.611. The molecule has 0 aliphatic heterocycles. The molecule has 0 spiro atoms. The number of hydrogen-bond acceptors (Lipinski definition) is 1. The summed E-state index contributed by atoms with van der Waals surface area (Å²) in [7, 11) is 0. The number of halogens is 2. The summed E-state index contributed by atoms with van der Waals surface area (Å²) < 4.78 is 0.965. The SMILES string of the molecule is C[C@H](NCc1ccc(Br)c(Cl)c1)C1CCCC1. The number of rotatable bonds is 4. The molecule has 3 heteroatoms. The summed E-state index contributed by atoms with van der Waals surface area (Å²) in [5.74, 6) is 0.862. The second kappa shape index (κ2) is 6.21. The van der Waals surface area contributed by atoms with Crippen molar-refractivity contribution in [3.8, 4) is 0 Å². The normalized spacial score (nSPS) is 18.5. The van der Waals surface area contributed by atoms with Crippen molar-refractivity contribution in [2.75, 3.05) is 0 Å². The summed E-state index contributed by atoms with van der Waals surface area (Å²) in [6, 6.07) is 6.77. The minimum atomic E-state index is 0.611. The van der Waals surface area contributed by atoms with E-state index in [-0.39, 0.29) is 0 Å². The Morgan fingerprint density at radius 3 is 2.76 bits per heavy atom. The Kier molecular flexibility index (Phi) is 4.89. The van der Waals surface area contributed by atoms with Crippen LogP contribution in [0.5, 0.6) is 0 Å². The lowest BCUT2D eigenvalue weighted by atomic mass is 9.99. The van der Waals surface area contributed by atoms with Crippen LogP contribution < -0.4 is 5.32 Å². The van der Waals surface area contributed by atoms with E-state index >= 15 is 0 Å². The Morgan fingerprint density at radius 1 is 1.41 bits per heavy atom. The van der Waals surface area contributed by atoms with Gasteiger partial charge in [0.15, 0.2) is 0 Å². The van der Waals surface area contributed by atoms with Crippen LogP contribution in [0.15, 0.2) is 22.7 Å². The van der Waals surface area contributed by atoms with E-state index in [1.807, 2.05) is 12.1 Å². The lowest BCUT2D eigenvalue weighted by Crippen LogP contribution is -2.31. The molecule has 0 aromatic heterocycles. The fourth-order valence-corrected chi connectivity index (χ4v) is 3.00. The van der Waals surface area contributed by atoms with Crippen molar-refractivity contribution in [3.05, 3.63) is 33.3 Å². The molecule has 0 bridgehead atoms. The van der Waals surface area contributed by atoms with Crippen molar-refractivity contribution < 1.29 is 0 Å². The highest BCUT2D eigenvalue weighted by Crippen LogP contribution is 2.28. The van der Waals surface area contributed by atoms with Crippen LogP contribution in [0.2, 0.25) is 5.02 Å². The molecule has 1 aliphatic carbocycles. The molecular weight excluding hydrogens is 298 g/mol. The van der Waals surface area contributed by atoms with Crippen LogP contribution in [0, 0.1) is 5.92 Å². The third-order valence-electron chi connectivity index (χ3n) is 3.72. The van der Waals surface area contributed by atoms with Gasteiger partial charge in [0.05, 0.1) is 5.02 Å². The summed E-state index contributed by atoms with van der Waals surface area (Å²) in [5, 5.41) is 4.40. The van der Waals surface area contributed by atoms with Crippen LogP contribution in [0.3, 0.4) is 0 Å². The fourth-order valence-electron chi connectivity index (χ4n) is 2.55. The molecule has 94 valence electrons. The Bertz CT molecular complexity index is 374. The molecule has 1 aromatic carbocycles. The molecule has 0 saturated heterocycles. The van der Waals surface area contributed by atoms with Gasteiger partial charge in [-0.1, -0.05) is 30.5 Å². The monoisotopic (exact) mass is 315 g/mol. The molecule has 0 radical (unpaired) electrons. The van der Waals surface area contributed by atoms with Gasteiger partial charge in [0.2, 0.25) is 0 Å². The first kappa shape index (κ1) is 13.4. The summed E-state index contributed by atoms with van der Waals surface area (Å²) in [6.45, 7) is 3.21. The highest BCUT2D eigenvalue weighted by atomic mass is 79.9. The van der Waals surface area contributed by atoms with Crippen molar-refractivity contribution in [3.63, 3.8) is 0 Å². The quantitative estimate of drug-likeness (QED) is 0.843. The standard InChI is InChI=1S/C14H19BrClN/c1-10(12-4-2-3-5-12)17-9-11-6-7-13(15)14(16)8-11/h6-8,10,12,17H,2-5,9H2,1H3/t10-/m0/s1. The minimum Gasteiger partial charge on any atom is -0.310 e. The number of benzene rings is 1. The Morgan fingerprint density at radius 2 is 2.12 bits per heavy atom. The van der Waals surface area contributed by atoms with E-state index < -0.39 is 0 Å². The average molecular weight is 317 g/mol. The molecular formula is C14H19BrClN. The van der Waals surface area contributed by atoms with E-state index in [9.17, 15) is 0 Å². The lowest BCUT2D eigenvalue weighted by molar-refractivity contribution is 0.380. The first-order valence-electron chi connectivity index (χ1n) is 6.34. The van der Waals surface area contributed by atoms with Gasteiger partial charge in [0, 0.05) is 17.1 Å². The van der Waals surface area contributed by atoms with Crippen molar-refractivity contribution in [2.24, 2.45) is 5.92 Å². The second-order valence-corrected chi connectivity index (χ2v) is 6.22. The third-order valence-corrected chi connectivity index (χ3v) is 4.95. The van der Waals surface area contributed by atoms with Crippen molar-refractivity contribution in [1.29, 1.82) is 0 Å². The van der Waals surface area contributed by atoms with Gasteiger partial charge < -0.3 is 5.32 Å². The molecule has 1 aliphatic rings. The van der Waals surface area contributed by atoms with Crippen LogP contribution in [-0.2, 0) is 6.54 Å². The molecule has 1 fully saturated rings. The van der Waals surface area contributed by atoms with Crippen LogP contribution in [0.1, 0.15) is 38.2 Å². The Balaban J connectivity index is 1.86. The lowest BCUT2D eigenvalue weighted by Gasteiger charge is -2.20. The predicted molar refractivity (Wildman–Crippen MR) is 77.4 cm³/mol. The molecule has 1 saturated carbocycles. The molecule has 1 nitrogen and oxygen atoms in total. The maximum Gasteiger partial charge on any atom is 0.0551 e. The average Bonchev–Trinajstić information content (AvgIpc) is 2.84. The van der Waals surface area contributed by atoms with E-state index in [1.54, 1.807) is 0 Å². The molecule has 1 aromatic rings. The summed E-state index contributed by atoms with van der Waals surface area (Å²) >= 11 is 9.49. The van der Waals surface area contributed by atoms with Crippen molar-refractivity contribution in [1.82, 2.24) is 5.32 Å². The van der Waals surface area contributed by atoms with E-state index in [4.69, 9.17) is 11.6 Å². The highest BCUT2D eigenvalue weighted by Gasteiger charge is 2.20. The molecule has 1 N–H and O–H groups in total. The molecule has 1 atom stereocenters. The highest BCUT2D eigenvalue weighted by molar-refractivity contribution is 9.10. The molecule has 0 unspecified atom stereocenters. The van der Waals surface area contributed by atoms with Gasteiger partial charge in [-0.25, -0.2) is 0 Å². The largest absolute Gasteiger partial charge is 0.310 e. The molecule has 0 amide bonds. The van der Waals surface area contributed by atoms with E-state index in [1.165, 1.54) is 31.2 Å². The van der Waals surface area contributed by atoms with Crippen LogP contribution >= 0.6 is 27.5 Å². The summed E-state index contributed by atoms with van der Waals surface area (Å²) in [4.78, 5) is 0. The predicted octanol–water partition coefficient (Wildman–Crippen LogP) is 4.77. The molecule has 2 rings (SSSR count). The van der Waals surface area contributed by atoms with E-state index in [2.05, 4.69) is 34.2 Å². The maximum absolute atomic E-state index is 6.08. The second-order valence-electron chi connectivity index (χ2n) is 4.96. The van der Waals surface area contributed by atoms with Crippen molar-refractivity contribution in [2.45, 2.75) is 45.2 Å². The van der Waals surface area contributed by atoms with Gasteiger partial charge in [-0.05, 0) is 59.3 Å². The Labute approximate surface area is 117 Å². The maximum atomic E-state index is 6.08. The molecule has 0 heterocycles.